The second-order valence-electron chi connectivity index (χ2n) is 3.15. The van der Waals surface area contributed by atoms with Gasteiger partial charge < -0.3 is 5.73 Å². The molecule has 1 heterocycles. The Hall–Kier alpha value is -0.0800. The predicted molar refractivity (Wildman–Crippen MR) is 70.6 cm³/mol. The van der Waals surface area contributed by atoms with Gasteiger partial charge in [0.2, 0.25) is 10.0 Å². The zero-order valence-corrected chi connectivity index (χ0v) is 11.6. The van der Waals surface area contributed by atoms with Crippen molar-refractivity contribution >= 4 is 33.1 Å². The monoisotopic (exact) mass is 280 g/mol. The van der Waals surface area contributed by atoms with Crippen molar-refractivity contribution in [2.24, 2.45) is 5.73 Å². The highest BCUT2D eigenvalue weighted by atomic mass is 32.2. The van der Waals surface area contributed by atoms with Crippen LogP contribution in [0, 0.1) is 0 Å². The number of rotatable bonds is 7. The predicted octanol–water partition coefficient (Wildman–Crippen LogP) is 0.891. The molecule has 0 aromatic carbocycles. The van der Waals surface area contributed by atoms with Gasteiger partial charge in [-0.3, -0.25) is 0 Å². The summed E-state index contributed by atoms with van der Waals surface area (Å²) in [7, 11) is -3.32. The standard InChI is InChI=1S/C9H16N2O2S3/c1-14-7-6-11-16(12,13)9-3-2-8(15-9)4-5-10/h2-3,11H,4-7,10H2,1H3. The Morgan fingerprint density at radius 3 is 2.88 bits per heavy atom. The largest absolute Gasteiger partial charge is 0.330 e. The van der Waals surface area contributed by atoms with Crippen LogP contribution in [-0.4, -0.2) is 33.5 Å². The van der Waals surface area contributed by atoms with Gasteiger partial charge in [0.1, 0.15) is 4.21 Å². The smallest absolute Gasteiger partial charge is 0.250 e. The van der Waals surface area contributed by atoms with E-state index in [1.807, 2.05) is 12.3 Å². The van der Waals surface area contributed by atoms with Gasteiger partial charge in [-0.05, 0) is 31.4 Å². The van der Waals surface area contributed by atoms with Crippen LogP contribution in [0.4, 0.5) is 0 Å². The molecule has 0 amide bonds. The molecule has 0 fully saturated rings. The molecule has 0 aliphatic heterocycles. The normalized spacial score (nSPS) is 11.9. The average molecular weight is 280 g/mol. The van der Waals surface area contributed by atoms with Crippen LogP contribution < -0.4 is 10.5 Å². The van der Waals surface area contributed by atoms with E-state index in [1.54, 1.807) is 17.8 Å². The van der Waals surface area contributed by atoms with Crippen molar-refractivity contribution in [3.63, 3.8) is 0 Å². The van der Waals surface area contributed by atoms with E-state index in [4.69, 9.17) is 5.73 Å². The molecule has 0 radical (unpaired) electrons. The first-order chi connectivity index (χ1) is 7.60. The lowest BCUT2D eigenvalue weighted by Crippen LogP contribution is -2.25. The van der Waals surface area contributed by atoms with E-state index in [2.05, 4.69) is 4.72 Å². The quantitative estimate of drug-likeness (QED) is 0.728. The summed E-state index contributed by atoms with van der Waals surface area (Å²) in [6, 6.07) is 3.46. The number of sulfonamides is 1. The molecule has 1 rings (SSSR count). The first-order valence-corrected chi connectivity index (χ1v) is 8.57. The molecule has 7 heteroatoms. The Bertz CT molecular complexity index is 414. The summed E-state index contributed by atoms with van der Waals surface area (Å²) in [6.07, 6.45) is 2.67. The van der Waals surface area contributed by atoms with Gasteiger partial charge in [0.25, 0.3) is 0 Å². The van der Waals surface area contributed by atoms with Crippen molar-refractivity contribution in [2.45, 2.75) is 10.6 Å². The fourth-order valence-corrected chi connectivity index (χ4v) is 4.01. The Morgan fingerprint density at radius 2 is 2.25 bits per heavy atom. The molecular weight excluding hydrogens is 264 g/mol. The van der Waals surface area contributed by atoms with Crippen molar-refractivity contribution in [2.75, 3.05) is 25.1 Å². The zero-order valence-electron chi connectivity index (χ0n) is 9.10. The van der Waals surface area contributed by atoms with E-state index >= 15 is 0 Å². The summed E-state index contributed by atoms with van der Waals surface area (Å²) in [5.41, 5.74) is 5.42. The summed E-state index contributed by atoms with van der Waals surface area (Å²) in [6.45, 7) is 1.01. The van der Waals surface area contributed by atoms with Crippen LogP contribution in [0.15, 0.2) is 16.3 Å². The van der Waals surface area contributed by atoms with E-state index in [0.29, 0.717) is 17.3 Å². The second kappa shape index (κ2) is 6.61. The molecular formula is C9H16N2O2S3. The minimum absolute atomic E-state index is 0.372. The van der Waals surface area contributed by atoms with Crippen LogP contribution in [0.1, 0.15) is 4.88 Å². The maximum Gasteiger partial charge on any atom is 0.250 e. The lowest BCUT2D eigenvalue weighted by Gasteiger charge is -2.02. The highest BCUT2D eigenvalue weighted by molar-refractivity contribution is 7.98. The third-order valence-electron chi connectivity index (χ3n) is 1.89. The molecule has 0 aliphatic rings. The minimum Gasteiger partial charge on any atom is -0.330 e. The van der Waals surface area contributed by atoms with Crippen molar-refractivity contribution in [3.05, 3.63) is 17.0 Å². The Balaban J connectivity index is 2.66. The fraction of sp³-hybridized carbons (Fsp3) is 0.556. The van der Waals surface area contributed by atoms with Crippen LogP contribution in [-0.2, 0) is 16.4 Å². The summed E-state index contributed by atoms with van der Waals surface area (Å²) in [5.74, 6) is 0.778. The molecule has 0 spiro atoms. The SMILES string of the molecule is CSCCNS(=O)(=O)c1ccc(CCN)s1. The Labute approximate surface area is 105 Å². The molecule has 3 N–H and O–H groups in total. The van der Waals surface area contributed by atoms with Gasteiger partial charge in [-0.25, -0.2) is 13.1 Å². The molecule has 0 bridgehead atoms. The summed E-state index contributed by atoms with van der Waals surface area (Å²) < 4.78 is 26.5. The highest BCUT2D eigenvalue weighted by Crippen LogP contribution is 2.21. The third-order valence-corrected chi connectivity index (χ3v) is 5.60. The summed E-state index contributed by atoms with van der Waals surface area (Å²) >= 11 is 2.90. The zero-order chi connectivity index (χ0) is 12.0. The lowest BCUT2D eigenvalue weighted by molar-refractivity contribution is 0.586. The van der Waals surface area contributed by atoms with Crippen LogP contribution in [0.2, 0.25) is 0 Å². The first kappa shape index (κ1) is 14.0. The molecule has 0 atom stereocenters. The van der Waals surface area contributed by atoms with Crippen LogP contribution in [0.3, 0.4) is 0 Å². The Kier molecular flexibility index (Phi) is 5.77. The molecule has 0 unspecified atom stereocenters. The van der Waals surface area contributed by atoms with E-state index in [9.17, 15) is 8.42 Å². The van der Waals surface area contributed by atoms with Crippen molar-refractivity contribution in [1.29, 1.82) is 0 Å². The third kappa shape index (κ3) is 4.06. The lowest BCUT2D eigenvalue weighted by atomic mass is 10.3. The van der Waals surface area contributed by atoms with E-state index in [0.717, 1.165) is 17.1 Å². The number of nitrogens with two attached hydrogens (primary N) is 1. The molecule has 0 saturated heterocycles. The molecule has 4 nitrogen and oxygen atoms in total. The van der Waals surface area contributed by atoms with E-state index in [-0.39, 0.29) is 0 Å². The van der Waals surface area contributed by atoms with Crippen LogP contribution >= 0.6 is 23.1 Å². The van der Waals surface area contributed by atoms with Crippen molar-refractivity contribution in [1.82, 2.24) is 4.72 Å². The van der Waals surface area contributed by atoms with Gasteiger partial charge in [-0.15, -0.1) is 11.3 Å². The maximum atomic E-state index is 11.8. The fourth-order valence-electron chi connectivity index (χ4n) is 1.13. The number of hydrogen-bond donors (Lipinski definition) is 2. The maximum absolute atomic E-state index is 11.8. The molecule has 0 saturated carbocycles. The van der Waals surface area contributed by atoms with Gasteiger partial charge in [0, 0.05) is 17.2 Å². The summed E-state index contributed by atoms with van der Waals surface area (Å²) in [5, 5.41) is 0. The van der Waals surface area contributed by atoms with Gasteiger partial charge in [0.05, 0.1) is 0 Å². The van der Waals surface area contributed by atoms with Gasteiger partial charge in [0.15, 0.2) is 0 Å². The highest BCUT2D eigenvalue weighted by Gasteiger charge is 2.15. The van der Waals surface area contributed by atoms with Crippen molar-refractivity contribution < 1.29 is 8.42 Å². The number of thiophene rings is 1. The van der Waals surface area contributed by atoms with Crippen LogP contribution in [0.25, 0.3) is 0 Å². The number of thioether (sulfide) groups is 1. The topological polar surface area (TPSA) is 72.2 Å². The second-order valence-corrected chi connectivity index (χ2v) is 7.30. The number of nitrogens with one attached hydrogen (secondary N) is 1. The van der Waals surface area contributed by atoms with Gasteiger partial charge in [-0.1, -0.05) is 0 Å². The minimum atomic E-state index is -3.32. The van der Waals surface area contributed by atoms with Crippen LogP contribution in [0.5, 0.6) is 0 Å². The van der Waals surface area contributed by atoms with E-state index in [1.165, 1.54) is 11.3 Å². The van der Waals surface area contributed by atoms with E-state index < -0.39 is 10.0 Å². The average Bonchev–Trinajstić information content (AvgIpc) is 2.68. The van der Waals surface area contributed by atoms with Crippen molar-refractivity contribution in [3.8, 4) is 0 Å². The molecule has 1 aromatic rings. The summed E-state index contributed by atoms with van der Waals surface area (Å²) in [4.78, 5) is 1.01. The molecule has 16 heavy (non-hydrogen) atoms. The molecule has 92 valence electrons. The molecule has 1 aromatic heterocycles. The van der Waals surface area contributed by atoms with Gasteiger partial charge >= 0.3 is 0 Å². The molecule has 0 aliphatic carbocycles. The number of hydrogen-bond acceptors (Lipinski definition) is 5. The van der Waals surface area contributed by atoms with Gasteiger partial charge in [-0.2, -0.15) is 11.8 Å². The Morgan fingerprint density at radius 1 is 1.50 bits per heavy atom. The first-order valence-electron chi connectivity index (χ1n) is 4.87.